The summed E-state index contributed by atoms with van der Waals surface area (Å²) in [5.74, 6) is -0.214. The van der Waals surface area contributed by atoms with Crippen molar-refractivity contribution < 1.29 is 18.7 Å². The van der Waals surface area contributed by atoms with Gasteiger partial charge in [-0.2, -0.15) is 0 Å². The molecule has 20 heavy (non-hydrogen) atoms. The quantitative estimate of drug-likeness (QED) is 0.461. The third kappa shape index (κ3) is 4.84. The molecule has 1 aliphatic rings. The topological polar surface area (TPSA) is 56.8 Å². The van der Waals surface area contributed by atoms with Gasteiger partial charge in [0.1, 0.15) is 6.04 Å². The van der Waals surface area contributed by atoms with Crippen LogP contribution in [0.3, 0.4) is 0 Å². The summed E-state index contributed by atoms with van der Waals surface area (Å²) in [6.07, 6.45) is 0.745. The molecular weight excluding hydrogens is 274 g/mol. The van der Waals surface area contributed by atoms with Crippen LogP contribution in [0.5, 0.6) is 0 Å². The van der Waals surface area contributed by atoms with Gasteiger partial charge in [-0.15, -0.1) is 0 Å². The van der Waals surface area contributed by atoms with E-state index in [1.807, 2.05) is 0 Å². The Kier molecular flexibility index (Phi) is 6.18. The average Bonchev–Trinajstić information content (AvgIpc) is 2.81. The Morgan fingerprint density at radius 1 is 1.30 bits per heavy atom. The highest BCUT2D eigenvalue weighted by Gasteiger charge is 2.37. The highest BCUT2D eigenvalue weighted by atomic mass is 28.4. The molecule has 2 atom stereocenters. The maximum atomic E-state index is 11.4. The number of rotatable bonds is 6. The van der Waals surface area contributed by atoms with Gasteiger partial charge in [0.05, 0.1) is 26.4 Å². The van der Waals surface area contributed by atoms with E-state index in [9.17, 15) is 4.79 Å². The minimum atomic E-state index is -1.69. The molecule has 118 valence electrons. The standard InChI is InChI=1S/C14H29NO4Si/c1-14(2,3)20(5,6)19-8-7-18-11-9-12(15-10-11)13(16)17-4/h11-12,15H,7-10H2,1-6H3/t11-,12-/m1/s1. The van der Waals surface area contributed by atoms with Gasteiger partial charge in [0.25, 0.3) is 0 Å². The minimum absolute atomic E-state index is 0.0714. The maximum Gasteiger partial charge on any atom is 0.322 e. The maximum absolute atomic E-state index is 11.4. The lowest BCUT2D eigenvalue weighted by Gasteiger charge is -2.36. The summed E-state index contributed by atoms with van der Waals surface area (Å²) >= 11 is 0. The van der Waals surface area contributed by atoms with Gasteiger partial charge in [0, 0.05) is 13.0 Å². The second kappa shape index (κ2) is 7.02. The van der Waals surface area contributed by atoms with Crippen LogP contribution in [0.25, 0.3) is 0 Å². The normalized spacial score (nSPS) is 23.9. The Morgan fingerprint density at radius 3 is 2.50 bits per heavy atom. The Bertz CT molecular complexity index is 328. The molecular formula is C14H29NO4Si. The molecule has 0 aromatic rings. The van der Waals surface area contributed by atoms with E-state index in [0.717, 1.165) is 0 Å². The smallest absolute Gasteiger partial charge is 0.322 e. The van der Waals surface area contributed by atoms with Crippen LogP contribution in [0.2, 0.25) is 18.1 Å². The highest BCUT2D eigenvalue weighted by molar-refractivity contribution is 6.74. The van der Waals surface area contributed by atoms with Gasteiger partial charge in [0.15, 0.2) is 8.32 Å². The van der Waals surface area contributed by atoms with Crippen molar-refractivity contribution in [3.63, 3.8) is 0 Å². The van der Waals surface area contributed by atoms with Crippen LogP contribution < -0.4 is 5.32 Å². The van der Waals surface area contributed by atoms with E-state index in [1.54, 1.807) is 0 Å². The molecule has 0 unspecified atom stereocenters. The van der Waals surface area contributed by atoms with Gasteiger partial charge >= 0.3 is 5.97 Å². The van der Waals surface area contributed by atoms with E-state index >= 15 is 0 Å². The first-order chi connectivity index (χ1) is 9.17. The summed E-state index contributed by atoms with van der Waals surface area (Å²) in [7, 11) is -0.281. The summed E-state index contributed by atoms with van der Waals surface area (Å²) < 4.78 is 16.5. The van der Waals surface area contributed by atoms with E-state index in [1.165, 1.54) is 7.11 Å². The van der Waals surface area contributed by atoms with Crippen LogP contribution in [0, 0.1) is 0 Å². The Morgan fingerprint density at radius 2 is 1.95 bits per heavy atom. The molecule has 0 aromatic heterocycles. The third-order valence-corrected chi connectivity index (χ3v) is 8.82. The van der Waals surface area contributed by atoms with Gasteiger partial charge in [-0.3, -0.25) is 4.79 Å². The molecule has 0 bridgehead atoms. The summed E-state index contributed by atoms with van der Waals surface area (Å²) in [6, 6.07) is -0.230. The average molecular weight is 303 g/mol. The zero-order valence-electron chi connectivity index (χ0n) is 13.6. The van der Waals surface area contributed by atoms with Crippen molar-refractivity contribution in [3.05, 3.63) is 0 Å². The number of ether oxygens (including phenoxy) is 2. The third-order valence-electron chi connectivity index (χ3n) is 4.28. The molecule has 1 N–H and O–H groups in total. The molecule has 0 spiro atoms. The van der Waals surface area contributed by atoms with E-state index in [0.29, 0.717) is 26.2 Å². The highest BCUT2D eigenvalue weighted by Crippen LogP contribution is 2.36. The van der Waals surface area contributed by atoms with Crippen LogP contribution in [-0.2, 0) is 18.7 Å². The van der Waals surface area contributed by atoms with E-state index in [-0.39, 0.29) is 23.2 Å². The Hall–Kier alpha value is -0.433. The van der Waals surface area contributed by atoms with Gasteiger partial charge in [0.2, 0.25) is 0 Å². The second-order valence-corrected chi connectivity index (χ2v) is 11.6. The first kappa shape index (κ1) is 17.6. The fraction of sp³-hybridized carbons (Fsp3) is 0.929. The predicted octanol–water partition coefficient (Wildman–Crippen LogP) is 1.93. The van der Waals surface area contributed by atoms with Crippen LogP contribution >= 0.6 is 0 Å². The predicted molar refractivity (Wildman–Crippen MR) is 81.3 cm³/mol. The Balaban J connectivity index is 2.22. The fourth-order valence-electron chi connectivity index (χ4n) is 1.88. The molecule has 0 amide bonds. The number of hydrogen-bond acceptors (Lipinski definition) is 5. The van der Waals surface area contributed by atoms with Crippen LogP contribution in [0.1, 0.15) is 27.2 Å². The largest absolute Gasteiger partial charge is 0.468 e. The second-order valence-electron chi connectivity index (χ2n) is 6.82. The molecule has 5 nitrogen and oxygen atoms in total. The monoisotopic (exact) mass is 303 g/mol. The molecule has 0 radical (unpaired) electrons. The van der Waals surface area contributed by atoms with Crippen molar-refractivity contribution >= 4 is 14.3 Å². The van der Waals surface area contributed by atoms with Crippen LogP contribution in [-0.4, -0.2) is 53.3 Å². The molecule has 0 aromatic carbocycles. The lowest BCUT2D eigenvalue weighted by atomic mass is 10.2. The summed E-state index contributed by atoms with van der Waals surface area (Å²) in [5.41, 5.74) is 0. The zero-order chi connectivity index (χ0) is 15.4. The number of methoxy groups -OCH3 is 1. The molecule has 1 fully saturated rings. The van der Waals surface area contributed by atoms with Gasteiger partial charge < -0.3 is 19.2 Å². The summed E-state index contributed by atoms with van der Waals surface area (Å²) in [4.78, 5) is 11.4. The lowest BCUT2D eigenvalue weighted by molar-refractivity contribution is -0.142. The van der Waals surface area contributed by atoms with Gasteiger partial charge in [-0.05, 0) is 18.1 Å². The van der Waals surface area contributed by atoms with E-state index < -0.39 is 8.32 Å². The number of carbonyl (C=O) groups excluding carboxylic acids is 1. The first-order valence-electron chi connectivity index (χ1n) is 7.24. The summed E-state index contributed by atoms with van der Waals surface area (Å²) in [6.45, 7) is 13.0. The van der Waals surface area contributed by atoms with Crippen molar-refractivity contribution in [2.75, 3.05) is 26.9 Å². The number of carbonyl (C=O) groups is 1. The van der Waals surface area contributed by atoms with Crippen molar-refractivity contribution in [2.24, 2.45) is 0 Å². The molecule has 1 aliphatic heterocycles. The van der Waals surface area contributed by atoms with Crippen molar-refractivity contribution in [3.8, 4) is 0 Å². The molecule has 1 rings (SSSR count). The van der Waals surface area contributed by atoms with Crippen molar-refractivity contribution in [1.29, 1.82) is 0 Å². The minimum Gasteiger partial charge on any atom is -0.468 e. The SMILES string of the molecule is COC(=O)[C@H]1C[C@@H](OCCO[Si](C)(C)C(C)(C)C)CN1. The first-order valence-corrected chi connectivity index (χ1v) is 10.1. The van der Waals surface area contributed by atoms with Crippen molar-refractivity contribution in [2.45, 2.75) is 57.5 Å². The lowest BCUT2D eigenvalue weighted by Crippen LogP contribution is -2.41. The number of hydrogen-bond donors (Lipinski definition) is 1. The Labute approximate surface area is 123 Å². The number of nitrogens with one attached hydrogen (secondary N) is 1. The molecule has 0 aliphatic carbocycles. The van der Waals surface area contributed by atoms with Crippen LogP contribution in [0.4, 0.5) is 0 Å². The molecule has 0 saturated carbocycles. The van der Waals surface area contributed by atoms with Crippen LogP contribution in [0.15, 0.2) is 0 Å². The van der Waals surface area contributed by atoms with Gasteiger partial charge in [-0.25, -0.2) is 0 Å². The van der Waals surface area contributed by atoms with Crippen molar-refractivity contribution in [1.82, 2.24) is 5.32 Å². The van der Waals surface area contributed by atoms with E-state index in [2.05, 4.69) is 39.2 Å². The van der Waals surface area contributed by atoms with E-state index in [4.69, 9.17) is 13.9 Å². The molecule has 1 heterocycles. The number of esters is 1. The zero-order valence-corrected chi connectivity index (χ0v) is 14.6. The summed E-state index contributed by atoms with van der Waals surface area (Å²) in [5, 5.41) is 3.33. The molecule has 6 heteroatoms. The van der Waals surface area contributed by atoms with Gasteiger partial charge in [-0.1, -0.05) is 20.8 Å². The molecule has 1 saturated heterocycles. The fourth-order valence-corrected chi connectivity index (χ4v) is 2.91.